The number of nitrogens with zero attached hydrogens (tertiary/aromatic N) is 1. The Morgan fingerprint density at radius 2 is 1.06 bits per heavy atom. The van der Waals surface area contributed by atoms with Crippen LogP contribution in [0.25, 0.3) is 22.3 Å². The van der Waals surface area contributed by atoms with Crippen molar-refractivity contribution in [1.82, 2.24) is 4.98 Å². The van der Waals surface area contributed by atoms with Crippen LogP contribution in [0, 0.1) is 0 Å². The summed E-state index contributed by atoms with van der Waals surface area (Å²) in [7, 11) is 0. The Kier molecular flexibility index (Phi) is 4.45. The molecular formula is C30H20ClN. The summed E-state index contributed by atoms with van der Waals surface area (Å²) in [5.41, 5.74) is 9.21. The standard InChI is InChI=1S/C30H20ClN/c31-29-24(17-10-20-32-29)23-16-9-19-27-28(23)25-15-7-8-18-26(25)30(27,21-11-3-1-4-12-21)22-13-5-2-6-14-22/h1-20H. The van der Waals surface area contributed by atoms with Gasteiger partial charge in [0, 0.05) is 11.8 Å². The van der Waals surface area contributed by atoms with E-state index in [1.54, 1.807) is 6.20 Å². The molecule has 1 heterocycles. The fourth-order valence-corrected chi connectivity index (χ4v) is 5.53. The third kappa shape index (κ3) is 2.62. The molecule has 1 aromatic heterocycles. The Balaban J connectivity index is 1.79. The summed E-state index contributed by atoms with van der Waals surface area (Å²) in [6.07, 6.45) is 1.74. The largest absolute Gasteiger partial charge is 0.244 e. The fraction of sp³-hybridized carbons (Fsp3) is 0.0333. The SMILES string of the molecule is Clc1ncccc1-c1cccc2c1-c1ccccc1C2(c1ccccc1)c1ccccc1. The maximum Gasteiger partial charge on any atom is 0.136 e. The molecule has 0 atom stereocenters. The number of aromatic nitrogens is 1. The molecule has 0 fully saturated rings. The molecule has 1 aliphatic carbocycles. The van der Waals surface area contributed by atoms with Gasteiger partial charge in [-0.15, -0.1) is 0 Å². The van der Waals surface area contributed by atoms with Gasteiger partial charge in [-0.05, 0) is 51.1 Å². The van der Waals surface area contributed by atoms with Gasteiger partial charge in [0.1, 0.15) is 5.15 Å². The van der Waals surface area contributed by atoms with Crippen molar-refractivity contribution >= 4 is 11.6 Å². The average Bonchev–Trinajstić information content (AvgIpc) is 3.17. The Morgan fingerprint density at radius 3 is 1.75 bits per heavy atom. The summed E-state index contributed by atoms with van der Waals surface area (Å²) < 4.78 is 0. The molecule has 0 unspecified atom stereocenters. The molecule has 1 aliphatic rings. The van der Waals surface area contributed by atoms with Crippen molar-refractivity contribution in [2.24, 2.45) is 0 Å². The molecule has 4 aromatic carbocycles. The van der Waals surface area contributed by atoms with E-state index in [9.17, 15) is 0 Å². The smallest absolute Gasteiger partial charge is 0.136 e. The Hall–Kier alpha value is -3.68. The predicted octanol–water partition coefficient (Wildman–Crippen LogP) is 7.77. The van der Waals surface area contributed by atoms with E-state index in [4.69, 9.17) is 11.6 Å². The minimum Gasteiger partial charge on any atom is -0.244 e. The highest BCUT2D eigenvalue weighted by Gasteiger charge is 2.46. The van der Waals surface area contributed by atoms with Crippen LogP contribution in [0.15, 0.2) is 121 Å². The lowest BCUT2D eigenvalue weighted by Crippen LogP contribution is -2.28. The first-order valence-corrected chi connectivity index (χ1v) is 11.1. The highest BCUT2D eigenvalue weighted by Crippen LogP contribution is 2.58. The molecule has 0 bridgehead atoms. The summed E-state index contributed by atoms with van der Waals surface area (Å²) in [5.74, 6) is 0. The van der Waals surface area contributed by atoms with Crippen LogP contribution < -0.4 is 0 Å². The van der Waals surface area contributed by atoms with Gasteiger partial charge in [0.25, 0.3) is 0 Å². The van der Waals surface area contributed by atoms with Gasteiger partial charge in [-0.2, -0.15) is 0 Å². The first-order valence-electron chi connectivity index (χ1n) is 10.8. The normalized spacial score (nSPS) is 13.4. The van der Waals surface area contributed by atoms with Crippen molar-refractivity contribution in [2.75, 3.05) is 0 Å². The summed E-state index contributed by atoms with van der Waals surface area (Å²) in [6.45, 7) is 0. The second-order valence-corrected chi connectivity index (χ2v) is 8.46. The van der Waals surface area contributed by atoms with Crippen LogP contribution in [0.2, 0.25) is 5.15 Å². The minimum absolute atomic E-state index is 0.404. The van der Waals surface area contributed by atoms with Gasteiger partial charge in [0.05, 0.1) is 5.41 Å². The third-order valence-corrected chi connectivity index (χ3v) is 6.83. The van der Waals surface area contributed by atoms with E-state index in [2.05, 4.69) is 114 Å². The van der Waals surface area contributed by atoms with E-state index in [0.29, 0.717) is 5.15 Å². The van der Waals surface area contributed by atoms with Crippen LogP contribution in [-0.2, 0) is 5.41 Å². The van der Waals surface area contributed by atoms with Gasteiger partial charge >= 0.3 is 0 Å². The molecule has 0 spiro atoms. The molecule has 2 heteroatoms. The zero-order valence-corrected chi connectivity index (χ0v) is 18.1. The molecule has 5 aromatic rings. The van der Waals surface area contributed by atoms with Gasteiger partial charge in [0.2, 0.25) is 0 Å². The quantitative estimate of drug-likeness (QED) is 0.262. The second-order valence-electron chi connectivity index (χ2n) is 8.10. The molecule has 152 valence electrons. The number of pyridine rings is 1. The number of hydrogen-bond donors (Lipinski definition) is 0. The second kappa shape index (κ2) is 7.47. The van der Waals surface area contributed by atoms with Crippen molar-refractivity contribution in [3.63, 3.8) is 0 Å². The topological polar surface area (TPSA) is 12.9 Å². The maximum atomic E-state index is 6.58. The molecular weight excluding hydrogens is 410 g/mol. The number of rotatable bonds is 3. The van der Waals surface area contributed by atoms with Crippen molar-refractivity contribution in [3.8, 4) is 22.3 Å². The Bertz CT molecular complexity index is 1380. The summed E-state index contributed by atoms with van der Waals surface area (Å²) in [6, 6.07) is 41.0. The average molecular weight is 430 g/mol. The molecule has 0 amide bonds. The lowest BCUT2D eigenvalue weighted by atomic mass is 9.67. The van der Waals surface area contributed by atoms with Crippen molar-refractivity contribution in [1.29, 1.82) is 0 Å². The molecule has 0 saturated carbocycles. The van der Waals surface area contributed by atoms with Crippen LogP contribution in [-0.4, -0.2) is 4.98 Å². The summed E-state index contributed by atoms with van der Waals surface area (Å²) in [4.78, 5) is 4.36. The Labute approximate surface area is 193 Å². The third-order valence-electron chi connectivity index (χ3n) is 6.53. The van der Waals surface area contributed by atoms with E-state index in [1.807, 2.05) is 6.07 Å². The van der Waals surface area contributed by atoms with Crippen molar-refractivity contribution in [3.05, 3.63) is 149 Å². The number of benzene rings is 4. The number of hydrogen-bond acceptors (Lipinski definition) is 1. The van der Waals surface area contributed by atoms with Gasteiger partial charge < -0.3 is 0 Å². The van der Waals surface area contributed by atoms with Crippen LogP contribution in [0.5, 0.6) is 0 Å². The Morgan fingerprint density at radius 1 is 0.500 bits per heavy atom. The number of halogens is 1. The zero-order chi connectivity index (χ0) is 21.5. The van der Waals surface area contributed by atoms with Crippen LogP contribution in [0.1, 0.15) is 22.3 Å². The highest BCUT2D eigenvalue weighted by molar-refractivity contribution is 6.32. The molecule has 0 aliphatic heterocycles. The van der Waals surface area contributed by atoms with Gasteiger partial charge in [-0.3, -0.25) is 0 Å². The number of fused-ring (bicyclic) bond motifs is 3. The molecule has 0 N–H and O–H groups in total. The summed E-state index contributed by atoms with van der Waals surface area (Å²) >= 11 is 6.58. The van der Waals surface area contributed by atoms with E-state index in [0.717, 1.165) is 11.1 Å². The lowest BCUT2D eigenvalue weighted by Gasteiger charge is -2.34. The van der Waals surface area contributed by atoms with Crippen molar-refractivity contribution < 1.29 is 0 Å². The van der Waals surface area contributed by atoms with E-state index in [1.165, 1.54) is 33.4 Å². The lowest BCUT2D eigenvalue weighted by molar-refractivity contribution is 0.768. The van der Waals surface area contributed by atoms with Crippen LogP contribution in [0.3, 0.4) is 0 Å². The van der Waals surface area contributed by atoms with Gasteiger partial charge in [-0.25, -0.2) is 4.98 Å². The van der Waals surface area contributed by atoms with Crippen molar-refractivity contribution in [2.45, 2.75) is 5.41 Å². The zero-order valence-electron chi connectivity index (χ0n) is 17.4. The molecule has 0 radical (unpaired) electrons. The fourth-order valence-electron chi connectivity index (χ4n) is 5.30. The van der Waals surface area contributed by atoms with E-state index in [-0.39, 0.29) is 0 Å². The highest BCUT2D eigenvalue weighted by atomic mass is 35.5. The molecule has 1 nitrogen and oxygen atoms in total. The van der Waals surface area contributed by atoms with Gasteiger partial charge in [0.15, 0.2) is 0 Å². The molecule has 6 rings (SSSR count). The monoisotopic (exact) mass is 429 g/mol. The van der Waals surface area contributed by atoms with E-state index >= 15 is 0 Å². The maximum absolute atomic E-state index is 6.58. The van der Waals surface area contributed by atoms with Gasteiger partial charge in [-0.1, -0.05) is 115 Å². The first-order chi connectivity index (χ1) is 15.8. The molecule has 0 saturated heterocycles. The minimum atomic E-state index is -0.404. The predicted molar refractivity (Wildman–Crippen MR) is 132 cm³/mol. The molecule has 32 heavy (non-hydrogen) atoms. The summed E-state index contributed by atoms with van der Waals surface area (Å²) in [5, 5.41) is 0.523. The van der Waals surface area contributed by atoms with E-state index < -0.39 is 5.41 Å². The first kappa shape index (κ1) is 19.0. The van der Waals surface area contributed by atoms with Crippen LogP contribution >= 0.6 is 11.6 Å². The van der Waals surface area contributed by atoms with Crippen LogP contribution in [0.4, 0.5) is 0 Å².